The van der Waals surface area contributed by atoms with Crippen molar-refractivity contribution in [2.24, 2.45) is 5.73 Å². The van der Waals surface area contributed by atoms with Crippen LogP contribution in [-0.4, -0.2) is 45.1 Å². The first-order valence-corrected chi connectivity index (χ1v) is 9.22. The van der Waals surface area contributed by atoms with Crippen LogP contribution >= 0.6 is 0 Å². The second-order valence-corrected chi connectivity index (χ2v) is 6.63. The smallest absolute Gasteiger partial charge is 0.329 e. The first-order valence-electron chi connectivity index (χ1n) is 9.22. The Labute approximate surface area is 169 Å². The summed E-state index contributed by atoms with van der Waals surface area (Å²) in [4.78, 5) is 27.7. The molecule has 1 aliphatic heterocycles. The standard InChI is InChI=1S/C21H24N4O4/c1-28-18-13-14(4-10-19(26)29-2)3-9-17(18)25-12-11-24(21(25)27)16-7-5-15(6-8-16)20(22)23/h3,5-9,13H,4,10-12H2,1-2H3,(H3,22,23). The van der Waals surface area contributed by atoms with E-state index < -0.39 is 0 Å². The fourth-order valence-electron chi connectivity index (χ4n) is 3.27. The summed E-state index contributed by atoms with van der Waals surface area (Å²) in [6.07, 6.45) is 0.817. The van der Waals surface area contributed by atoms with Crippen molar-refractivity contribution in [1.29, 1.82) is 5.41 Å². The zero-order valence-electron chi connectivity index (χ0n) is 16.5. The number of ether oxygens (including phenoxy) is 2. The number of nitrogen functional groups attached to an aromatic ring is 1. The van der Waals surface area contributed by atoms with Crippen molar-refractivity contribution < 1.29 is 19.1 Å². The van der Waals surface area contributed by atoms with Crippen molar-refractivity contribution in [2.45, 2.75) is 12.8 Å². The SMILES string of the molecule is COC(=O)CCc1ccc(N2CCN(c3ccc(C(=N)N)cc3)C2=O)c(OC)c1. The van der Waals surface area contributed by atoms with Crippen LogP contribution in [-0.2, 0) is 16.0 Å². The van der Waals surface area contributed by atoms with Crippen LogP contribution in [0.4, 0.5) is 16.2 Å². The molecule has 0 aromatic heterocycles. The molecule has 1 aliphatic rings. The van der Waals surface area contributed by atoms with Crippen molar-refractivity contribution in [3.8, 4) is 5.75 Å². The summed E-state index contributed by atoms with van der Waals surface area (Å²) >= 11 is 0. The number of hydrogen-bond donors (Lipinski definition) is 2. The maximum atomic E-state index is 13.0. The highest BCUT2D eigenvalue weighted by Gasteiger charge is 2.32. The van der Waals surface area contributed by atoms with Gasteiger partial charge >= 0.3 is 12.0 Å². The van der Waals surface area contributed by atoms with E-state index in [4.69, 9.17) is 15.9 Å². The van der Waals surface area contributed by atoms with Gasteiger partial charge in [0.05, 0.1) is 19.9 Å². The Kier molecular flexibility index (Phi) is 6.01. The molecule has 0 aliphatic carbocycles. The minimum atomic E-state index is -0.269. The van der Waals surface area contributed by atoms with Gasteiger partial charge < -0.3 is 15.2 Å². The lowest BCUT2D eigenvalue weighted by Crippen LogP contribution is -2.32. The van der Waals surface area contributed by atoms with E-state index in [1.807, 2.05) is 18.2 Å². The molecule has 8 heteroatoms. The van der Waals surface area contributed by atoms with E-state index in [0.717, 1.165) is 11.3 Å². The molecule has 2 aromatic rings. The zero-order valence-corrected chi connectivity index (χ0v) is 16.5. The molecule has 3 N–H and O–H groups in total. The van der Waals surface area contributed by atoms with Gasteiger partial charge in [-0.1, -0.05) is 6.07 Å². The van der Waals surface area contributed by atoms with Crippen LogP contribution in [0, 0.1) is 5.41 Å². The molecule has 8 nitrogen and oxygen atoms in total. The highest BCUT2D eigenvalue weighted by atomic mass is 16.5. The molecule has 29 heavy (non-hydrogen) atoms. The van der Waals surface area contributed by atoms with Crippen molar-refractivity contribution in [2.75, 3.05) is 37.1 Å². The van der Waals surface area contributed by atoms with Gasteiger partial charge in [0, 0.05) is 30.8 Å². The van der Waals surface area contributed by atoms with E-state index >= 15 is 0 Å². The number of nitrogens with zero attached hydrogens (tertiary/aromatic N) is 2. The maximum absolute atomic E-state index is 13.0. The van der Waals surface area contributed by atoms with Crippen LogP contribution in [0.25, 0.3) is 0 Å². The third-order valence-corrected chi connectivity index (χ3v) is 4.88. The summed E-state index contributed by atoms with van der Waals surface area (Å²) in [6, 6.07) is 12.4. The number of amides is 2. The fraction of sp³-hybridized carbons (Fsp3) is 0.286. The van der Waals surface area contributed by atoms with Crippen LogP contribution < -0.4 is 20.3 Å². The van der Waals surface area contributed by atoms with Gasteiger partial charge in [0.2, 0.25) is 0 Å². The van der Waals surface area contributed by atoms with Crippen LogP contribution in [0.5, 0.6) is 5.75 Å². The molecule has 0 atom stereocenters. The Hall–Kier alpha value is -3.55. The lowest BCUT2D eigenvalue weighted by atomic mass is 10.1. The monoisotopic (exact) mass is 396 g/mol. The molecule has 1 fully saturated rings. The number of anilines is 2. The van der Waals surface area contributed by atoms with E-state index in [0.29, 0.717) is 36.5 Å². The Morgan fingerprint density at radius 1 is 1.10 bits per heavy atom. The van der Waals surface area contributed by atoms with Gasteiger partial charge in [-0.25, -0.2) is 4.79 Å². The number of nitrogens with one attached hydrogen (secondary N) is 1. The Balaban J connectivity index is 1.77. The van der Waals surface area contributed by atoms with Gasteiger partial charge in [-0.05, 0) is 48.4 Å². The predicted molar refractivity (Wildman–Crippen MR) is 111 cm³/mol. The highest BCUT2D eigenvalue weighted by Crippen LogP contribution is 2.33. The summed E-state index contributed by atoms with van der Waals surface area (Å²) in [6.45, 7) is 1.05. The van der Waals surface area contributed by atoms with Gasteiger partial charge in [0.1, 0.15) is 11.6 Å². The molecule has 0 bridgehead atoms. The first-order chi connectivity index (χ1) is 13.9. The lowest BCUT2D eigenvalue weighted by Gasteiger charge is -2.21. The number of aryl methyl sites for hydroxylation is 1. The number of carbonyl (C=O) groups excluding carboxylic acids is 2. The van der Waals surface area contributed by atoms with Gasteiger partial charge in [0.15, 0.2) is 0 Å². The number of benzene rings is 2. The van der Waals surface area contributed by atoms with Gasteiger partial charge in [-0.15, -0.1) is 0 Å². The number of carbonyl (C=O) groups is 2. The van der Waals surface area contributed by atoms with Crippen LogP contribution in [0.2, 0.25) is 0 Å². The Bertz CT molecular complexity index is 927. The van der Waals surface area contributed by atoms with Gasteiger partial charge in [-0.3, -0.25) is 20.0 Å². The molecular weight excluding hydrogens is 372 g/mol. The van der Waals surface area contributed by atoms with Crippen molar-refractivity contribution in [1.82, 2.24) is 0 Å². The zero-order chi connectivity index (χ0) is 21.0. The summed E-state index contributed by atoms with van der Waals surface area (Å²) in [7, 11) is 2.92. The van der Waals surface area contributed by atoms with E-state index in [9.17, 15) is 9.59 Å². The third-order valence-electron chi connectivity index (χ3n) is 4.88. The van der Waals surface area contributed by atoms with E-state index in [1.165, 1.54) is 7.11 Å². The second kappa shape index (κ2) is 8.64. The predicted octanol–water partition coefficient (Wildman–Crippen LogP) is 2.53. The second-order valence-electron chi connectivity index (χ2n) is 6.63. The van der Waals surface area contributed by atoms with Crippen molar-refractivity contribution in [3.63, 3.8) is 0 Å². The lowest BCUT2D eigenvalue weighted by molar-refractivity contribution is -0.140. The van der Waals surface area contributed by atoms with E-state index in [-0.39, 0.29) is 24.3 Å². The molecule has 1 saturated heterocycles. The normalized spacial score (nSPS) is 13.5. The van der Waals surface area contributed by atoms with Crippen LogP contribution in [0.3, 0.4) is 0 Å². The number of nitrogens with two attached hydrogens (primary N) is 1. The molecule has 0 saturated carbocycles. The average Bonchev–Trinajstić information content (AvgIpc) is 3.12. The van der Waals surface area contributed by atoms with Crippen molar-refractivity contribution in [3.05, 3.63) is 53.6 Å². The highest BCUT2D eigenvalue weighted by molar-refractivity contribution is 6.07. The molecule has 3 rings (SSSR count). The number of hydrogen-bond acceptors (Lipinski definition) is 5. The largest absolute Gasteiger partial charge is 0.495 e. The topological polar surface area (TPSA) is 109 Å². The average molecular weight is 396 g/mol. The molecule has 2 amide bonds. The number of esters is 1. The number of urea groups is 1. The number of amidine groups is 1. The minimum absolute atomic E-state index is 0.0112. The first kappa shape index (κ1) is 20.2. The third kappa shape index (κ3) is 4.31. The minimum Gasteiger partial charge on any atom is -0.495 e. The van der Waals surface area contributed by atoms with Gasteiger partial charge in [0.25, 0.3) is 0 Å². The number of rotatable bonds is 7. The van der Waals surface area contributed by atoms with Crippen LogP contribution in [0.15, 0.2) is 42.5 Å². The summed E-state index contributed by atoms with van der Waals surface area (Å²) < 4.78 is 10.2. The maximum Gasteiger partial charge on any atom is 0.329 e. The molecule has 0 spiro atoms. The summed E-state index contributed by atoms with van der Waals surface area (Å²) in [5.41, 5.74) is 8.46. The van der Waals surface area contributed by atoms with Gasteiger partial charge in [-0.2, -0.15) is 0 Å². The molecule has 0 unspecified atom stereocenters. The molecule has 0 radical (unpaired) electrons. The van der Waals surface area contributed by atoms with Crippen molar-refractivity contribution >= 4 is 29.2 Å². The quantitative estimate of drug-likeness (QED) is 0.425. The Morgan fingerprint density at radius 3 is 2.41 bits per heavy atom. The molecular formula is C21H24N4O4. The Morgan fingerprint density at radius 2 is 1.79 bits per heavy atom. The molecule has 2 aromatic carbocycles. The van der Waals surface area contributed by atoms with Crippen LogP contribution in [0.1, 0.15) is 17.5 Å². The summed E-state index contributed by atoms with van der Waals surface area (Å²) in [5, 5.41) is 7.48. The number of methoxy groups -OCH3 is 2. The molecule has 152 valence electrons. The molecule has 1 heterocycles. The van der Waals surface area contributed by atoms with E-state index in [1.54, 1.807) is 41.2 Å². The van der Waals surface area contributed by atoms with E-state index in [2.05, 4.69) is 4.74 Å². The fourth-order valence-corrected chi connectivity index (χ4v) is 3.27. The summed E-state index contributed by atoms with van der Waals surface area (Å²) in [5.74, 6) is 0.298.